The maximum atomic E-state index is 12.4. The average molecular weight is 336 g/mol. The third-order valence-electron chi connectivity index (χ3n) is 3.91. The number of amides is 1. The number of nitrogens with zero attached hydrogens (tertiary/aromatic N) is 1. The van der Waals surface area contributed by atoms with Gasteiger partial charge in [-0.3, -0.25) is 4.79 Å². The van der Waals surface area contributed by atoms with Crippen molar-refractivity contribution in [2.75, 3.05) is 0 Å². The highest BCUT2D eigenvalue weighted by atomic mass is 32.1. The summed E-state index contributed by atoms with van der Waals surface area (Å²) in [6, 6.07) is 20.1. The van der Waals surface area contributed by atoms with Crippen LogP contribution in [0.4, 0.5) is 0 Å². The van der Waals surface area contributed by atoms with E-state index in [-0.39, 0.29) is 11.9 Å². The van der Waals surface area contributed by atoms with E-state index in [0.717, 1.165) is 26.7 Å². The van der Waals surface area contributed by atoms with E-state index in [9.17, 15) is 4.79 Å². The van der Waals surface area contributed by atoms with Crippen LogP contribution in [0.15, 0.2) is 60.7 Å². The lowest BCUT2D eigenvalue weighted by molar-refractivity contribution is -0.121. The molecule has 0 spiro atoms. The molecule has 0 bridgehead atoms. The van der Waals surface area contributed by atoms with Gasteiger partial charge in [0.05, 0.1) is 18.2 Å². The number of rotatable bonds is 5. The number of hydrogen-bond acceptors (Lipinski definition) is 3. The Bertz CT molecular complexity index is 812. The Balaban J connectivity index is 1.68. The van der Waals surface area contributed by atoms with Gasteiger partial charge in [0.1, 0.15) is 5.01 Å². The van der Waals surface area contributed by atoms with Gasteiger partial charge in [0.15, 0.2) is 0 Å². The molecule has 3 nitrogen and oxygen atoms in total. The lowest BCUT2D eigenvalue weighted by Crippen LogP contribution is -2.28. The second-order valence-electron chi connectivity index (χ2n) is 5.77. The maximum absolute atomic E-state index is 12.4. The summed E-state index contributed by atoms with van der Waals surface area (Å²) in [7, 11) is 0. The third-order valence-corrected chi connectivity index (χ3v) is 5.12. The van der Waals surface area contributed by atoms with Crippen LogP contribution in [-0.4, -0.2) is 10.9 Å². The highest BCUT2D eigenvalue weighted by Crippen LogP contribution is 2.28. The number of thiazole rings is 1. The van der Waals surface area contributed by atoms with Crippen LogP contribution in [0.1, 0.15) is 29.1 Å². The van der Waals surface area contributed by atoms with E-state index in [0.29, 0.717) is 6.42 Å². The van der Waals surface area contributed by atoms with Crippen LogP contribution in [-0.2, 0) is 11.2 Å². The molecule has 1 N–H and O–H groups in total. The van der Waals surface area contributed by atoms with Crippen LogP contribution in [0.2, 0.25) is 0 Å². The number of carbonyl (C=O) groups excluding carboxylic acids is 1. The van der Waals surface area contributed by atoms with Crippen molar-refractivity contribution in [3.63, 3.8) is 0 Å². The molecule has 4 heteroatoms. The van der Waals surface area contributed by atoms with Crippen LogP contribution in [0, 0.1) is 6.92 Å². The molecular formula is C20H20N2OS. The standard InChI is InChI=1S/C20H20N2OS/c1-14(16-9-5-3-6-10-16)21-19(23)13-18-15(2)22-20(24-18)17-11-7-4-8-12-17/h3-12,14H,13H2,1-2H3,(H,21,23). The quantitative estimate of drug-likeness (QED) is 0.743. The van der Waals surface area contributed by atoms with Gasteiger partial charge < -0.3 is 5.32 Å². The summed E-state index contributed by atoms with van der Waals surface area (Å²) in [5, 5.41) is 4.03. The van der Waals surface area contributed by atoms with E-state index in [2.05, 4.69) is 10.3 Å². The maximum Gasteiger partial charge on any atom is 0.225 e. The lowest BCUT2D eigenvalue weighted by atomic mass is 10.1. The van der Waals surface area contributed by atoms with Gasteiger partial charge in [-0.1, -0.05) is 60.7 Å². The first-order chi connectivity index (χ1) is 11.6. The molecule has 3 aromatic rings. The van der Waals surface area contributed by atoms with Crippen molar-refractivity contribution in [3.8, 4) is 10.6 Å². The number of aryl methyl sites for hydroxylation is 1. The summed E-state index contributed by atoms with van der Waals surface area (Å²) >= 11 is 1.59. The van der Waals surface area contributed by atoms with Crippen molar-refractivity contribution in [1.82, 2.24) is 10.3 Å². The zero-order valence-corrected chi connectivity index (χ0v) is 14.6. The van der Waals surface area contributed by atoms with E-state index in [1.807, 2.05) is 74.5 Å². The molecule has 1 heterocycles. The molecule has 122 valence electrons. The minimum absolute atomic E-state index is 0.000483. The molecule has 1 unspecified atom stereocenters. The van der Waals surface area contributed by atoms with Gasteiger partial charge in [0, 0.05) is 10.4 Å². The Morgan fingerprint density at radius 1 is 1.08 bits per heavy atom. The van der Waals surface area contributed by atoms with E-state index in [1.165, 1.54) is 0 Å². The van der Waals surface area contributed by atoms with Crippen molar-refractivity contribution in [2.45, 2.75) is 26.3 Å². The molecule has 0 aliphatic heterocycles. The van der Waals surface area contributed by atoms with Crippen LogP contribution in [0.5, 0.6) is 0 Å². The van der Waals surface area contributed by atoms with Gasteiger partial charge >= 0.3 is 0 Å². The second-order valence-corrected chi connectivity index (χ2v) is 6.85. The highest BCUT2D eigenvalue weighted by molar-refractivity contribution is 7.15. The summed E-state index contributed by atoms with van der Waals surface area (Å²) in [5.41, 5.74) is 3.13. The average Bonchev–Trinajstić information content (AvgIpc) is 2.97. The molecule has 3 rings (SSSR count). The Morgan fingerprint density at radius 2 is 1.71 bits per heavy atom. The van der Waals surface area contributed by atoms with Gasteiger partial charge in [0.2, 0.25) is 5.91 Å². The van der Waals surface area contributed by atoms with E-state index in [1.54, 1.807) is 11.3 Å². The fraction of sp³-hybridized carbons (Fsp3) is 0.200. The Kier molecular flexibility index (Phi) is 5.06. The van der Waals surface area contributed by atoms with Crippen LogP contribution >= 0.6 is 11.3 Å². The van der Waals surface area contributed by atoms with Gasteiger partial charge in [0.25, 0.3) is 0 Å². The normalized spacial score (nSPS) is 11.9. The molecule has 0 saturated heterocycles. The Labute approximate surface area is 146 Å². The fourth-order valence-corrected chi connectivity index (χ4v) is 3.63. The largest absolute Gasteiger partial charge is 0.349 e. The molecule has 0 radical (unpaired) electrons. The first kappa shape index (κ1) is 16.4. The van der Waals surface area contributed by atoms with E-state index in [4.69, 9.17) is 0 Å². The van der Waals surface area contributed by atoms with Gasteiger partial charge in [-0.15, -0.1) is 11.3 Å². The molecule has 0 fully saturated rings. The van der Waals surface area contributed by atoms with E-state index < -0.39 is 0 Å². The Morgan fingerprint density at radius 3 is 2.38 bits per heavy atom. The first-order valence-electron chi connectivity index (χ1n) is 7.99. The number of hydrogen-bond donors (Lipinski definition) is 1. The molecule has 1 aromatic heterocycles. The van der Waals surface area contributed by atoms with Gasteiger partial charge in [-0.25, -0.2) is 4.98 Å². The van der Waals surface area contributed by atoms with Crippen molar-refractivity contribution in [3.05, 3.63) is 76.8 Å². The number of aromatic nitrogens is 1. The minimum atomic E-state index is 0.000483. The smallest absolute Gasteiger partial charge is 0.225 e. The molecule has 1 amide bonds. The van der Waals surface area contributed by atoms with Crippen LogP contribution in [0.25, 0.3) is 10.6 Å². The summed E-state index contributed by atoms with van der Waals surface area (Å²) in [6.45, 7) is 3.97. The third kappa shape index (κ3) is 3.89. The molecule has 0 aliphatic carbocycles. The van der Waals surface area contributed by atoms with Gasteiger partial charge in [-0.2, -0.15) is 0 Å². The summed E-state index contributed by atoms with van der Waals surface area (Å²) in [4.78, 5) is 18.0. The lowest BCUT2D eigenvalue weighted by Gasteiger charge is -2.13. The van der Waals surface area contributed by atoms with E-state index >= 15 is 0 Å². The van der Waals surface area contributed by atoms with Crippen molar-refractivity contribution < 1.29 is 4.79 Å². The SMILES string of the molecule is Cc1nc(-c2ccccc2)sc1CC(=O)NC(C)c1ccccc1. The summed E-state index contributed by atoms with van der Waals surface area (Å²) in [5.74, 6) is 0.0257. The zero-order valence-electron chi connectivity index (χ0n) is 13.8. The monoisotopic (exact) mass is 336 g/mol. The molecule has 2 aromatic carbocycles. The number of nitrogens with one attached hydrogen (secondary N) is 1. The van der Waals surface area contributed by atoms with Crippen molar-refractivity contribution in [1.29, 1.82) is 0 Å². The van der Waals surface area contributed by atoms with Crippen molar-refractivity contribution >= 4 is 17.2 Å². The predicted octanol–water partition coefficient (Wildman–Crippen LogP) is 4.54. The number of carbonyl (C=O) groups is 1. The summed E-state index contributed by atoms with van der Waals surface area (Å²) < 4.78 is 0. The highest BCUT2D eigenvalue weighted by Gasteiger charge is 2.15. The molecular weight excluding hydrogens is 316 g/mol. The molecule has 24 heavy (non-hydrogen) atoms. The molecule has 0 aliphatic rings. The van der Waals surface area contributed by atoms with Crippen LogP contribution in [0.3, 0.4) is 0 Å². The second kappa shape index (κ2) is 7.41. The zero-order chi connectivity index (χ0) is 16.9. The summed E-state index contributed by atoms with van der Waals surface area (Å²) in [6.07, 6.45) is 0.369. The topological polar surface area (TPSA) is 42.0 Å². The first-order valence-corrected chi connectivity index (χ1v) is 8.81. The fourth-order valence-electron chi connectivity index (χ4n) is 2.56. The van der Waals surface area contributed by atoms with Gasteiger partial charge in [-0.05, 0) is 19.4 Å². The molecule has 1 atom stereocenters. The number of benzene rings is 2. The van der Waals surface area contributed by atoms with Crippen LogP contribution < -0.4 is 5.32 Å². The minimum Gasteiger partial charge on any atom is -0.349 e. The predicted molar refractivity (Wildman–Crippen MR) is 99.0 cm³/mol. The van der Waals surface area contributed by atoms with Crippen molar-refractivity contribution in [2.24, 2.45) is 0 Å². The molecule has 0 saturated carbocycles. The Hall–Kier alpha value is -2.46.